The van der Waals surface area contributed by atoms with Crippen LogP contribution in [0.25, 0.3) is 0 Å². The van der Waals surface area contributed by atoms with Gasteiger partial charge in [0, 0.05) is 4.47 Å². The van der Waals surface area contributed by atoms with Crippen molar-refractivity contribution in [1.29, 1.82) is 0 Å². The summed E-state index contributed by atoms with van der Waals surface area (Å²) in [7, 11) is 0. The summed E-state index contributed by atoms with van der Waals surface area (Å²) in [6, 6.07) is 5.69. The molecule has 1 heterocycles. The fourth-order valence-electron chi connectivity index (χ4n) is 2.70. The predicted molar refractivity (Wildman–Crippen MR) is 64.8 cm³/mol. The zero-order valence-electron chi connectivity index (χ0n) is 8.91. The Kier molecular flexibility index (Phi) is 2.51. The molecule has 84 valence electrons. The van der Waals surface area contributed by atoms with E-state index in [4.69, 9.17) is 4.74 Å². The molecule has 0 bridgehead atoms. The van der Waals surface area contributed by atoms with Gasteiger partial charge in [0.25, 0.3) is 0 Å². The van der Waals surface area contributed by atoms with Gasteiger partial charge in [-0.15, -0.1) is 0 Å². The SMILES string of the molecule is O=C1c2cc(Br)ccc2OC2CCCCC12. The number of rotatable bonds is 0. The molecule has 1 saturated carbocycles. The Bertz CT molecular complexity index is 442. The Morgan fingerprint density at radius 1 is 1.25 bits per heavy atom. The molecular formula is C13H13BrO2. The zero-order valence-corrected chi connectivity index (χ0v) is 10.5. The quantitative estimate of drug-likeness (QED) is 0.726. The fraction of sp³-hybridized carbons (Fsp3) is 0.462. The molecule has 0 N–H and O–H groups in total. The molecule has 0 spiro atoms. The van der Waals surface area contributed by atoms with Crippen molar-refractivity contribution in [2.24, 2.45) is 5.92 Å². The van der Waals surface area contributed by atoms with Gasteiger partial charge < -0.3 is 4.74 Å². The van der Waals surface area contributed by atoms with Crippen LogP contribution in [0.15, 0.2) is 22.7 Å². The number of hydrogen-bond acceptors (Lipinski definition) is 2. The van der Waals surface area contributed by atoms with E-state index in [1.807, 2.05) is 18.2 Å². The Hall–Kier alpha value is -0.830. The van der Waals surface area contributed by atoms with E-state index in [-0.39, 0.29) is 17.8 Å². The molecule has 0 radical (unpaired) electrons. The van der Waals surface area contributed by atoms with Crippen LogP contribution in [0.4, 0.5) is 0 Å². The molecule has 0 saturated heterocycles. The van der Waals surface area contributed by atoms with E-state index in [0.717, 1.165) is 35.0 Å². The minimum atomic E-state index is 0.0931. The third kappa shape index (κ3) is 1.58. The number of ether oxygens (including phenoxy) is 1. The van der Waals surface area contributed by atoms with Gasteiger partial charge in [0.2, 0.25) is 0 Å². The lowest BCUT2D eigenvalue weighted by Gasteiger charge is -2.35. The van der Waals surface area contributed by atoms with Crippen molar-refractivity contribution in [1.82, 2.24) is 0 Å². The largest absolute Gasteiger partial charge is 0.489 e. The second kappa shape index (κ2) is 3.88. The minimum Gasteiger partial charge on any atom is -0.489 e. The van der Waals surface area contributed by atoms with Gasteiger partial charge in [0.1, 0.15) is 11.9 Å². The van der Waals surface area contributed by atoms with E-state index in [2.05, 4.69) is 15.9 Å². The second-order valence-corrected chi connectivity index (χ2v) is 5.47. The molecule has 1 aliphatic carbocycles. The second-order valence-electron chi connectivity index (χ2n) is 4.55. The first-order chi connectivity index (χ1) is 7.75. The predicted octanol–water partition coefficient (Wildman–Crippen LogP) is 3.58. The summed E-state index contributed by atoms with van der Waals surface area (Å²) in [6.07, 6.45) is 4.45. The molecule has 3 rings (SSSR count). The summed E-state index contributed by atoms with van der Waals surface area (Å²) in [6.45, 7) is 0. The lowest BCUT2D eigenvalue weighted by molar-refractivity contribution is 0.0524. The molecule has 16 heavy (non-hydrogen) atoms. The maximum Gasteiger partial charge on any atom is 0.173 e. The first kappa shape index (κ1) is 10.3. The number of fused-ring (bicyclic) bond motifs is 2. The van der Waals surface area contributed by atoms with Gasteiger partial charge in [-0.25, -0.2) is 0 Å². The van der Waals surface area contributed by atoms with E-state index in [1.165, 1.54) is 6.42 Å². The van der Waals surface area contributed by atoms with E-state index in [0.29, 0.717) is 0 Å². The van der Waals surface area contributed by atoms with Crippen molar-refractivity contribution < 1.29 is 9.53 Å². The van der Waals surface area contributed by atoms with Crippen LogP contribution < -0.4 is 4.74 Å². The van der Waals surface area contributed by atoms with Crippen molar-refractivity contribution in [2.75, 3.05) is 0 Å². The summed E-state index contributed by atoms with van der Waals surface area (Å²) in [5, 5.41) is 0. The van der Waals surface area contributed by atoms with E-state index >= 15 is 0 Å². The number of halogens is 1. The summed E-state index contributed by atoms with van der Waals surface area (Å²) in [5.41, 5.74) is 0.748. The van der Waals surface area contributed by atoms with Gasteiger partial charge in [-0.3, -0.25) is 4.79 Å². The topological polar surface area (TPSA) is 26.3 Å². The fourth-order valence-corrected chi connectivity index (χ4v) is 3.06. The van der Waals surface area contributed by atoms with Crippen molar-refractivity contribution in [3.05, 3.63) is 28.2 Å². The molecule has 2 aliphatic rings. The summed E-state index contributed by atoms with van der Waals surface area (Å²) in [4.78, 5) is 12.3. The Morgan fingerprint density at radius 2 is 2.06 bits per heavy atom. The molecule has 1 aromatic carbocycles. The summed E-state index contributed by atoms with van der Waals surface area (Å²) >= 11 is 3.40. The molecular weight excluding hydrogens is 268 g/mol. The van der Waals surface area contributed by atoms with Crippen LogP contribution in [0.1, 0.15) is 36.0 Å². The van der Waals surface area contributed by atoms with E-state index in [1.54, 1.807) is 0 Å². The molecule has 2 atom stereocenters. The maximum atomic E-state index is 12.3. The van der Waals surface area contributed by atoms with E-state index < -0.39 is 0 Å². The first-order valence-electron chi connectivity index (χ1n) is 5.76. The third-order valence-electron chi connectivity index (χ3n) is 3.52. The van der Waals surface area contributed by atoms with Crippen molar-refractivity contribution in [3.63, 3.8) is 0 Å². The highest BCUT2D eigenvalue weighted by molar-refractivity contribution is 9.10. The molecule has 2 unspecified atom stereocenters. The number of Topliss-reactive ketones (excluding diaryl/α,β-unsaturated/α-hetero) is 1. The number of ketones is 1. The van der Waals surface area contributed by atoms with Gasteiger partial charge in [0.15, 0.2) is 5.78 Å². The van der Waals surface area contributed by atoms with E-state index in [9.17, 15) is 4.79 Å². The molecule has 2 nitrogen and oxygen atoms in total. The van der Waals surface area contributed by atoms with Gasteiger partial charge in [-0.2, -0.15) is 0 Å². The number of hydrogen-bond donors (Lipinski definition) is 0. The van der Waals surface area contributed by atoms with Crippen molar-refractivity contribution >= 4 is 21.7 Å². The molecule has 1 aromatic rings. The molecule has 0 amide bonds. The average molecular weight is 281 g/mol. The van der Waals surface area contributed by atoms with Gasteiger partial charge >= 0.3 is 0 Å². The Labute approximate surface area is 103 Å². The van der Waals surface area contributed by atoms with Crippen LogP contribution in [0, 0.1) is 5.92 Å². The summed E-state index contributed by atoms with van der Waals surface area (Å²) in [5.74, 6) is 1.12. The standard InChI is InChI=1S/C13H13BrO2/c14-8-5-6-12-10(7-8)13(15)9-3-1-2-4-11(9)16-12/h5-7,9,11H,1-4H2. The number of carbonyl (C=O) groups excluding carboxylic acids is 1. The lowest BCUT2D eigenvalue weighted by atomic mass is 9.79. The smallest absolute Gasteiger partial charge is 0.173 e. The van der Waals surface area contributed by atoms with Gasteiger partial charge in [-0.05, 0) is 37.5 Å². The van der Waals surface area contributed by atoms with Crippen molar-refractivity contribution in [3.8, 4) is 5.75 Å². The highest BCUT2D eigenvalue weighted by atomic mass is 79.9. The monoisotopic (exact) mass is 280 g/mol. The van der Waals surface area contributed by atoms with Gasteiger partial charge in [0.05, 0.1) is 11.5 Å². The average Bonchev–Trinajstić information content (AvgIpc) is 2.31. The first-order valence-corrected chi connectivity index (χ1v) is 6.55. The highest BCUT2D eigenvalue weighted by Crippen LogP contribution is 2.38. The van der Waals surface area contributed by atoms with Crippen LogP contribution in [-0.4, -0.2) is 11.9 Å². The van der Waals surface area contributed by atoms with Crippen molar-refractivity contribution in [2.45, 2.75) is 31.8 Å². The molecule has 1 aliphatic heterocycles. The van der Waals surface area contributed by atoms with Crippen LogP contribution in [-0.2, 0) is 0 Å². The molecule has 3 heteroatoms. The Balaban J connectivity index is 2.03. The molecule has 0 aromatic heterocycles. The third-order valence-corrected chi connectivity index (χ3v) is 4.02. The van der Waals surface area contributed by atoms with Gasteiger partial charge in [-0.1, -0.05) is 22.4 Å². The van der Waals surface area contributed by atoms with Crippen LogP contribution in [0.3, 0.4) is 0 Å². The minimum absolute atomic E-state index is 0.0931. The van der Waals surface area contributed by atoms with Crippen LogP contribution >= 0.6 is 15.9 Å². The number of benzene rings is 1. The Morgan fingerprint density at radius 3 is 2.94 bits per heavy atom. The highest BCUT2D eigenvalue weighted by Gasteiger charge is 2.38. The number of carbonyl (C=O) groups is 1. The zero-order chi connectivity index (χ0) is 11.1. The molecule has 1 fully saturated rings. The lowest BCUT2D eigenvalue weighted by Crippen LogP contribution is -2.39. The van der Waals surface area contributed by atoms with Crippen LogP contribution in [0.2, 0.25) is 0 Å². The normalized spacial score (nSPS) is 27.9. The van der Waals surface area contributed by atoms with Crippen LogP contribution in [0.5, 0.6) is 5.75 Å². The maximum absolute atomic E-state index is 12.3. The summed E-state index contributed by atoms with van der Waals surface area (Å²) < 4.78 is 6.86.